The summed E-state index contributed by atoms with van der Waals surface area (Å²) < 4.78 is 35.7. The van der Waals surface area contributed by atoms with Crippen molar-refractivity contribution in [1.82, 2.24) is 5.32 Å². The number of halogens is 3. The van der Waals surface area contributed by atoms with Crippen LogP contribution in [0.2, 0.25) is 0 Å². The van der Waals surface area contributed by atoms with Crippen LogP contribution in [0, 0.1) is 0 Å². The maximum atomic E-state index is 11.9. The summed E-state index contributed by atoms with van der Waals surface area (Å²) in [5.41, 5.74) is -0.988. The van der Waals surface area contributed by atoms with Gasteiger partial charge in [-0.15, -0.1) is 0 Å². The molecule has 15 heavy (non-hydrogen) atoms. The van der Waals surface area contributed by atoms with Gasteiger partial charge in [-0.3, -0.25) is 4.79 Å². The van der Waals surface area contributed by atoms with E-state index < -0.39 is 23.7 Å². The summed E-state index contributed by atoms with van der Waals surface area (Å²) >= 11 is 0. The largest absolute Gasteiger partial charge is 0.423 e. The number of rotatable bonds is 4. The lowest BCUT2D eigenvalue weighted by Crippen LogP contribution is -2.52. The highest BCUT2D eigenvalue weighted by atomic mass is 19.4. The monoisotopic (exact) mass is 229 g/mol. The summed E-state index contributed by atoms with van der Waals surface area (Å²) in [7, 11) is 0. The minimum atomic E-state index is -4.97. The van der Waals surface area contributed by atoms with Crippen molar-refractivity contribution < 1.29 is 28.2 Å². The van der Waals surface area contributed by atoms with Gasteiger partial charge in [-0.05, 0) is 20.3 Å². The molecular weight excluding hydrogens is 215 g/mol. The smallest absolute Gasteiger partial charge is 0.396 e. The second-order valence-corrected chi connectivity index (χ2v) is 3.79. The Bertz CT molecular complexity index is 228. The van der Waals surface area contributed by atoms with Gasteiger partial charge in [0.25, 0.3) is 5.91 Å². The molecule has 0 aromatic carbocycles. The molecule has 1 amide bonds. The van der Waals surface area contributed by atoms with Gasteiger partial charge in [0.05, 0.1) is 0 Å². The van der Waals surface area contributed by atoms with E-state index >= 15 is 0 Å². The van der Waals surface area contributed by atoms with E-state index in [1.807, 2.05) is 5.32 Å². The molecule has 1 atom stereocenters. The highest BCUT2D eigenvalue weighted by Gasteiger charge is 2.44. The van der Waals surface area contributed by atoms with Gasteiger partial charge in [0.15, 0.2) is 0 Å². The minimum absolute atomic E-state index is 0.101. The molecular formula is C8H14F3NO3. The summed E-state index contributed by atoms with van der Waals surface area (Å²) in [5, 5.41) is 19.2. The molecule has 0 aliphatic carbocycles. The van der Waals surface area contributed by atoms with E-state index in [0.717, 1.165) is 0 Å². The molecule has 0 aromatic heterocycles. The van der Waals surface area contributed by atoms with E-state index in [0.29, 0.717) is 0 Å². The van der Waals surface area contributed by atoms with Crippen LogP contribution < -0.4 is 5.32 Å². The van der Waals surface area contributed by atoms with Crippen molar-refractivity contribution in [3.8, 4) is 0 Å². The number of aliphatic hydroxyl groups excluding tert-OH is 2. The maximum Gasteiger partial charge on any atom is 0.423 e. The number of carbonyl (C=O) groups excluding carboxylic acids is 1. The molecule has 0 aromatic rings. The Morgan fingerprint density at radius 2 is 1.87 bits per heavy atom. The van der Waals surface area contributed by atoms with E-state index in [4.69, 9.17) is 10.2 Å². The highest BCUT2D eigenvalue weighted by Crippen LogP contribution is 2.21. The zero-order chi connectivity index (χ0) is 12.3. The van der Waals surface area contributed by atoms with Crippen LogP contribution >= 0.6 is 0 Å². The normalized spacial score (nSPS) is 14.9. The summed E-state index contributed by atoms with van der Waals surface area (Å²) in [6.07, 6.45) is -7.90. The van der Waals surface area contributed by atoms with E-state index in [-0.39, 0.29) is 13.0 Å². The molecule has 3 N–H and O–H groups in total. The molecule has 0 radical (unpaired) electrons. The Kier molecular flexibility index (Phi) is 4.54. The predicted octanol–water partition coefficient (Wildman–Crippen LogP) is 0.187. The number of aliphatic hydroxyl groups is 2. The van der Waals surface area contributed by atoms with Crippen molar-refractivity contribution >= 4 is 5.91 Å². The number of hydrogen-bond donors (Lipinski definition) is 3. The first-order valence-corrected chi connectivity index (χ1v) is 4.28. The molecule has 0 rings (SSSR count). The van der Waals surface area contributed by atoms with Crippen LogP contribution in [0.4, 0.5) is 13.2 Å². The zero-order valence-corrected chi connectivity index (χ0v) is 8.43. The fourth-order valence-corrected chi connectivity index (χ4v) is 0.893. The quantitative estimate of drug-likeness (QED) is 0.644. The molecule has 90 valence electrons. The van der Waals surface area contributed by atoms with Crippen molar-refractivity contribution in [2.75, 3.05) is 6.61 Å². The Labute approximate surface area is 85.1 Å². The second kappa shape index (κ2) is 4.80. The molecule has 0 aliphatic heterocycles. The Morgan fingerprint density at radius 3 is 2.20 bits per heavy atom. The lowest BCUT2D eigenvalue weighted by atomic mass is 10.0. The fourth-order valence-electron chi connectivity index (χ4n) is 0.893. The predicted molar refractivity (Wildman–Crippen MR) is 46.0 cm³/mol. The third-order valence-electron chi connectivity index (χ3n) is 1.76. The third kappa shape index (κ3) is 4.98. The first-order chi connectivity index (χ1) is 6.60. The van der Waals surface area contributed by atoms with Gasteiger partial charge < -0.3 is 15.5 Å². The van der Waals surface area contributed by atoms with E-state index in [1.165, 1.54) is 13.8 Å². The van der Waals surface area contributed by atoms with Crippen LogP contribution in [0.15, 0.2) is 0 Å². The SMILES string of the molecule is CC(C)(CCO)NC(=O)C(O)C(F)(F)F. The minimum Gasteiger partial charge on any atom is -0.396 e. The van der Waals surface area contributed by atoms with Gasteiger partial charge in [0.2, 0.25) is 6.10 Å². The molecule has 4 nitrogen and oxygen atoms in total. The average molecular weight is 229 g/mol. The molecule has 0 bridgehead atoms. The highest BCUT2D eigenvalue weighted by molar-refractivity contribution is 5.81. The summed E-state index contributed by atoms with van der Waals surface area (Å²) in [6, 6.07) is 0. The summed E-state index contributed by atoms with van der Waals surface area (Å²) in [4.78, 5) is 10.9. The van der Waals surface area contributed by atoms with Crippen molar-refractivity contribution in [3.63, 3.8) is 0 Å². The standard InChI is InChI=1S/C8H14F3NO3/c1-7(2,3-4-13)12-6(15)5(14)8(9,10)11/h5,13-14H,3-4H2,1-2H3,(H,12,15). The number of carbonyl (C=O) groups is 1. The summed E-state index contributed by atoms with van der Waals surface area (Å²) in [5.74, 6) is -1.51. The van der Waals surface area contributed by atoms with Crippen LogP contribution in [0.5, 0.6) is 0 Å². The van der Waals surface area contributed by atoms with Crippen LogP contribution in [0.25, 0.3) is 0 Å². The summed E-state index contributed by atoms with van der Waals surface area (Å²) in [6.45, 7) is 2.63. The van der Waals surface area contributed by atoms with Crippen LogP contribution in [0.3, 0.4) is 0 Å². The van der Waals surface area contributed by atoms with Crippen molar-refractivity contribution in [3.05, 3.63) is 0 Å². The van der Waals surface area contributed by atoms with Crippen molar-refractivity contribution in [1.29, 1.82) is 0 Å². The van der Waals surface area contributed by atoms with Crippen LogP contribution in [-0.4, -0.2) is 40.5 Å². The molecule has 0 aliphatic rings. The van der Waals surface area contributed by atoms with Gasteiger partial charge >= 0.3 is 6.18 Å². The number of hydrogen-bond acceptors (Lipinski definition) is 3. The lowest BCUT2D eigenvalue weighted by molar-refractivity contribution is -0.205. The zero-order valence-electron chi connectivity index (χ0n) is 8.43. The van der Waals surface area contributed by atoms with Gasteiger partial charge in [0, 0.05) is 12.1 Å². The molecule has 0 spiro atoms. The van der Waals surface area contributed by atoms with Crippen LogP contribution in [0.1, 0.15) is 20.3 Å². The molecule has 0 fully saturated rings. The first kappa shape index (κ1) is 14.2. The van der Waals surface area contributed by atoms with E-state index in [2.05, 4.69) is 0 Å². The first-order valence-electron chi connectivity index (χ1n) is 4.28. The van der Waals surface area contributed by atoms with E-state index in [1.54, 1.807) is 0 Å². The number of nitrogens with one attached hydrogen (secondary N) is 1. The van der Waals surface area contributed by atoms with Crippen molar-refractivity contribution in [2.24, 2.45) is 0 Å². The average Bonchev–Trinajstić information content (AvgIpc) is 1.99. The Morgan fingerprint density at radius 1 is 1.40 bits per heavy atom. The second-order valence-electron chi connectivity index (χ2n) is 3.79. The Hall–Kier alpha value is -0.820. The lowest BCUT2D eigenvalue weighted by Gasteiger charge is -2.27. The molecule has 1 unspecified atom stereocenters. The van der Waals surface area contributed by atoms with Gasteiger partial charge in [-0.25, -0.2) is 0 Å². The van der Waals surface area contributed by atoms with Gasteiger partial charge in [-0.1, -0.05) is 0 Å². The third-order valence-corrected chi connectivity index (χ3v) is 1.76. The fraction of sp³-hybridized carbons (Fsp3) is 0.875. The topological polar surface area (TPSA) is 69.6 Å². The maximum absolute atomic E-state index is 11.9. The molecule has 0 saturated carbocycles. The molecule has 0 heterocycles. The van der Waals surface area contributed by atoms with Gasteiger partial charge in [-0.2, -0.15) is 13.2 Å². The van der Waals surface area contributed by atoms with Crippen LogP contribution in [-0.2, 0) is 4.79 Å². The number of amides is 1. The molecule has 0 saturated heterocycles. The van der Waals surface area contributed by atoms with Crippen molar-refractivity contribution in [2.45, 2.75) is 38.1 Å². The Balaban J connectivity index is 4.37. The molecule has 7 heteroatoms. The van der Waals surface area contributed by atoms with E-state index in [9.17, 15) is 18.0 Å². The van der Waals surface area contributed by atoms with Gasteiger partial charge in [0.1, 0.15) is 0 Å². The number of alkyl halides is 3.